The van der Waals surface area contributed by atoms with Gasteiger partial charge in [0.25, 0.3) is 0 Å². The molecule has 1 aromatic rings. The van der Waals surface area contributed by atoms with Crippen LogP contribution in [0.3, 0.4) is 0 Å². The molecule has 0 radical (unpaired) electrons. The van der Waals surface area contributed by atoms with Crippen LogP contribution in [0.1, 0.15) is 32.8 Å². The van der Waals surface area contributed by atoms with Gasteiger partial charge in [0.15, 0.2) is 0 Å². The minimum Gasteiger partial charge on any atom is -0.394 e. The quantitative estimate of drug-likeness (QED) is 0.516. The smallest absolute Gasteiger partial charge is 0.148 e. The summed E-state index contributed by atoms with van der Waals surface area (Å²) >= 11 is 0. The number of nitrogens with one attached hydrogen (secondary N) is 1. The largest absolute Gasteiger partial charge is 0.394 e. The molecule has 0 unspecified atom stereocenters. The van der Waals surface area contributed by atoms with Crippen LogP contribution in [0.2, 0.25) is 0 Å². The number of nitrogens with two attached hydrogens (primary N) is 1. The Bertz CT molecular complexity index is 394. The molecule has 1 rings (SSSR count). The summed E-state index contributed by atoms with van der Waals surface area (Å²) in [6, 6.07) is 0. The maximum atomic E-state index is 9.45. The molecule has 6 nitrogen and oxygen atoms in total. The number of hydrogen-bond donors (Lipinski definition) is 3. The van der Waals surface area contributed by atoms with E-state index in [0.717, 1.165) is 24.2 Å². The fourth-order valence-electron chi connectivity index (χ4n) is 1.69. The highest BCUT2D eigenvalue weighted by Crippen LogP contribution is 2.28. The van der Waals surface area contributed by atoms with Gasteiger partial charge in [-0.3, -0.25) is 0 Å². The number of hydrazine groups is 1. The van der Waals surface area contributed by atoms with E-state index in [0.29, 0.717) is 5.82 Å². The lowest BCUT2D eigenvalue weighted by Gasteiger charge is -2.36. The first-order valence-corrected chi connectivity index (χ1v) is 6.13. The van der Waals surface area contributed by atoms with Crippen LogP contribution < -0.4 is 16.2 Å². The molecule has 0 spiro atoms. The zero-order valence-corrected chi connectivity index (χ0v) is 11.6. The van der Waals surface area contributed by atoms with Gasteiger partial charge in [0.2, 0.25) is 0 Å². The summed E-state index contributed by atoms with van der Waals surface area (Å²) in [4.78, 5) is 10.4. The average molecular weight is 253 g/mol. The maximum absolute atomic E-state index is 9.45. The second-order valence-electron chi connectivity index (χ2n) is 4.95. The molecule has 0 aliphatic rings. The van der Waals surface area contributed by atoms with Crippen molar-refractivity contribution in [1.82, 2.24) is 9.97 Å². The predicted octanol–water partition coefficient (Wildman–Crippen LogP) is 0.922. The monoisotopic (exact) mass is 253 g/mol. The Labute approximate surface area is 108 Å². The molecule has 4 N–H and O–H groups in total. The van der Waals surface area contributed by atoms with E-state index in [-0.39, 0.29) is 12.1 Å². The standard InChI is InChI=1S/C12H23N5O/c1-5-6-9-10(16-13)14-8-15-11(9)17(4)12(2,3)7-18/h8,18H,5-7,13H2,1-4H3,(H,14,15,16). The van der Waals surface area contributed by atoms with Crippen LogP contribution in [0, 0.1) is 0 Å². The SMILES string of the molecule is CCCc1c(NN)ncnc1N(C)C(C)(C)CO. The molecular weight excluding hydrogens is 230 g/mol. The van der Waals surface area contributed by atoms with Crippen LogP contribution in [0.5, 0.6) is 0 Å². The molecule has 0 bridgehead atoms. The van der Waals surface area contributed by atoms with Crippen LogP contribution in [-0.2, 0) is 6.42 Å². The molecule has 0 amide bonds. The van der Waals surface area contributed by atoms with E-state index in [9.17, 15) is 5.11 Å². The van der Waals surface area contributed by atoms with Crippen molar-refractivity contribution in [3.63, 3.8) is 0 Å². The second-order valence-corrected chi connectivity index (χ2v) is 4.95. The van der Waals surface area contributed by atoms with Crippen molar-refractivity contribution in [2.45, 2.75) is 39.2 Å². The van der Waals surface area contributed by atoms with Crippen molar-refractivity contribution in [2.75, 3.05) is 24.0 Å². The Hall–Kier alpha value is -1.40. The Kier molecular flexibility index (Phi) is 4.86. The number of nitrogens with zero attached hydrogens (tertiary/aromatic N) is 3. The molecule has 1 heterocycles. The lowest BCUT2D eigenvalue weighted by Crippen LogP contribution is -2.45. The predicted molar refractivity (Wildman–Crippen MR) is 73.4 cm³/mol. The fourth-order valence-corrected chi connectivity index (χ4v) is 1.69. The van der Waals surface area contributed by atoms with E-state index < -0.39 is 0 Å². The highest BCUT2D eigenvalue weighted by Gasteiger charge is 2.26. The summed E-state index contributed by atoms with van der Waals surface area (Å²) in [6.07, 6.45) is 3.29. The summed E-state index contributed by atoms with van der Waals surface area (Å²) in [5, 5.41) is 9.45. The van der Waals surface area contributed by atoms with Crippen molar-refractivity contribution in [2.24, 2.45) is 5.84 Å². The third-order valence-electron chi connectivity index (χ3n) is 3.17. The Morgan fingerprint density at radius 2 is 2.11 bits per heavy atom. The van der Waals surface area contributed by atoms with Gasteiger partial charge in [-0.05, 0) is 20.3 Å². The number of aromatic nitrogens is 2. The molecular formula is C12H23N5O. The molecule has 102 valence electrons. The average Bonchev–Trinajstić information content (AvgIpc) is 2.38. The van der Waals surface area contributed by atoms with Gasteiger partial charge in [-0.15, -0.1) is 0 Å². The number of anilines is 2. The molecule has 0 fully saturated rings. The van der Waals surface area contributed by atoms with E-state index >= 15 is 0 Å². The van der Waals surface area contributed by atoms with Gasteiger partial charge in [-0.2, -0.15) is 0 Å². The molecule has 6 heteroatoms. The first-order chi connectivity index (χ1) is 8.47. The Morgan fingerprint density at radius 3 is 2.61 bits per heavy atom. The molecule has 18 heavy (non-hydrogen) atoms. The topological polar surface area (TPSA) is 87.3 Å². The van der Waals surface area contributed by atoms with E-state index in [2.05, 4.69) is 22.3 Å². The van der Waals surface area contributed by atoms with E-state index in [1.807, 2.05) is 25.8 Å². The first-order valence-electron chi connectivity index (χ1n) is 6.13. The van der Waals surface area contributed by atoms with Crippen LogP contribution in [0.15, 0.2) is 6.33 Å². The number of nitrogen functional groups attached to an aromatic ring is 1. The van der Waals surface area contributed by atoms with Gasteiger partial charge < -0.3 is 15.4 Å². The second kappa shape index (κ2) is 5.97. The van der Waals surface area contributed by atoms with Crippen molar-refractivity contribution < 1.29 is 5.11 Å². The highest BCUT2D eigenvalue weighted by atomic mass is 16.3. The molecule has 0 atom stereocenters. The van der Waals surface area contributed by atoms with Gasteiger partial charge in [0.1, 0.15) is 18.0 Å². The van der Waals surface area contributed by atoms with Crippen LogP contribution in [0.4, 0.5) is 11.6 Å². The normalized spacial score (nSPS) is 11.4. The molecule has 0 saturated carbocycles. The van der Waals surface area contributed by atoms with Crippen LogP contribution >= 0.6 is 0 Å². The van der Waals surface area contributed by atoms with Crippen molar-refractivity contribution in [3.05, 3.63) is 11.9 Å². The highest BCUT2D eigenvalue weighted by molar-refractivity contribution is 5.59. The summed E-state index contributed by atoms with van der Waals surface area (Å²) in [5.41, 5.74) is 3.20. The van der Waals surface area contributed by atoms with E-state index in [1.165, 1.54) is 6.33 Å². The third kappa shape index (κ3) is 2.88. The lowest BCUT2D eigenvalue weighted by atomic mass is 10.0. The van der Waals surface area contributed by atoms with Gasteiger partial charge in [0.05, 0.1) is 12.1 Å². The van der Waals surface area contributed by atoms with Gasteiger partial charge >= 0.3 is 0 Å². The van der Waals surface area contributed by atoms with E-state index in [1.54, 1.807) is 0 Å². The van der Waals surface area contributed by atoms with Crippen molar-refractivity contribution in [1.29, 1.82) is 0 Å². The molecule has 0 aromatic carbocycles. The van der Waals surface area contributed by atoms with Gasteiger partial charge in [-0.1, -0.05) is 13.3 Å². The number of aliphatic hydroxyl groups excluding tert-OH is 1. The number of rotatable bonds is 6. The molecule has 0 aliphatic carbocycles. The number of likely N-dealkylation sites (N-methyl/N-ethyl adjacent to an activating group) is 1. The van der Waals surface area contributed by atoms with Gasteiger partial charge in [-0.25, -0.2) is 15.8 Å². The van der Waals surface area contributed by atoms with Crippen molar-refractivity contribution in [3.8, 4) is 0 Å². The number of aliphatic hydroxyl groups is 1. The Morgan fingerprint density at radius 1 is 1.44 bits per heavy atom. The summed E-state index contributed by atoms with van der Waals surface area (Å²) in [5.74, 6) is 6.93. The first kappa shape index (κ1) is 14.7. The molecule has 1 aromatic heterocycles. The number of hydrogen-bond acceptors (Lipinski definition) is 6. The Balaban J connectivity index is 3.22. The minimum atomic E-state index is -0.386. The fraction of sp³-hybridized carbons (Fsp3) is 0.667. The minimum absolute atomic E-state index is 0.0461. The maximum Gasteiger partial charge on any atom is 0.148 e. The third-order valence-corrected chi connectivity index (χ3v) is 3.17. The molecule has 0 saturated heterocycles. The molecule has 0 aliphatic heterocycles. The summed E-state index contributed by atoms with van der Waals surface area (Å²) < 4.78 is 0. The van der Waals surface area contributed by atoms with E-state index in [4.69, 9.17) is 5.84 Å². The zero-order valence-electron chi connectivity index (χ0n) is 11.6. The van der Waals surface area contributed by atoms with Crippen LogP contribution in [0.25, 0.3) is 0 Å². The van der Waals surface area contributed by atoms with Gasteiger partial charge in [0, 0.05) is 12.6 Å². The van der Waals surface area contributed by atoms with Crippen molar-refractivity contribution >= 4 is 11.6 Å². The zero-order chi connectivity index (χ0) is 13.8. The summed E-state index contributed by atoms with van der Waals surface area (Å²) in [6.45, 7) is 6.06. The summed E-state index contributed by atoms with van der Waals surface area (Å²) in [7, 11) is 1.91. The lowest BCUT2D eigenvalue weighted by molar-refractivity contribution is 0.215. The van der Waals surface area contributed by atoms with Crippen LogP contribution in [-0.4, -0.2) is 34.3 Å².